The zero-order chi connectivity index (χ0) is 15.4. The zero-order valence-electron chi connectivity index (χ0n) is 13.1. The van der Waals surface area contributed by atoms with E-state index in [1.807, 2.05) is 36.1 Å². The molecule has 2 aliphatic rings. The summed E-state index contributed by atoms with van der Waals surface area (Å²) >= 11 is 0. The molecule has 0 aliphatic carbocycles. The Bertz CT molecular complexity index is 491. The highest BCUT2D eigenvalue weighted by molar-refractivity contribution is 5.74. The van der Waals surface area contributed by atoms with Gasteiger partial charge >= 0.3 is 6.03 Å². The Labute approximate surface area is 131 Å². The van der Waals surface area contributed by atoms with Gasteiger partial charge in [0.25, 0.3) is 0 Å². The largest absolute Gasteiger partial charge is 0.494 e. The van der Waals surface area contributed by atoms with Gasteiger partial charge < -0.3 is 19.7 Å². The molecular weight excluding hydrogens is 280 g/mol. The van der Waals surface area contributed by atoms with E-state index >= 15 is 0 Å². The quantitative estimate of drug-likeness (QED) is 0.907. The third kappa shape index (κ3) is 3.71. The first kappa shape index (κ1) is 15.2. The monoisotopic (exact) mass is 304 g/mol. The molecule has 1 N–H and O–H groups in total. The van der Waals surface area contributed by atoms with E-state index in [0.717, 1.165) is 38.1 Å². The second-order valence-corrected chi connectivity index (χ2v) is 5.92. The molecule has 2 fully saturated rings. The number of fused-ring (bicyclic) bond motifs is 2. The molecule has 5 heteroatoms. The summed E-state index contributed by atoms with van der Waals surface area (Å²) in [6.07, 6.45) is 3.49. The molecule has 1 aromatic rings. The van der Waals surface area contributed by atoms with Gasteiger partial charge in [-0.05, 0) is 43.9 Å². The van der Waals surface area contributed by atoms with Crippen molar-refractivity contribution in [2.75, 3.05) is 26.2 Å². The Hall–Kier alpha value is -1.75. The zero-order valence-corrected chi connectivity index (χ0v) is 13.1. The van der Waals surface area contributed by atoms with Crippen LogP contribution < -0.4 is 10.1 Å². The predicted molar refractivity (Wildman–Crippen MR) is 84.2 cm³/mol. The van der Waals surface area contributed by atoms with Crippen molar-refractivity contribution in [1.29, 1.82) is 0 Å². The highest BCUT2D eigenvalue weighted by atomic mass is 16.5. The van der Waals surface area contributed by atoms with Crippen molar-refractivity contribution < 1.29 is 14.3 Å². The standard InChI is InChI=1S/C17H24N2O3/c1-2-21-14-5-3-13(4-6-14)9-10-18-17(20)19-11-15-7-8-16(12-19)22-15/h3-6,15-16H,2,7-12H2,1H3,(H,18,20). The van der Waals surface area contributed by atoms with Gasteiger partial charge in [0.2, 0.25) is 0 Å². The molecule has 0 radical (unpaired) electrons. The van der Waals surface area contributed by atoms with Gasteiger partial charge in [-0.3, -0.25) is 0 Å². The molecule has 5 nitrogen and oxygen atoms in total. The highest BCUT2D eigenvalue weighted by Crippen LogP contribution is 2.26. The highest BCUT2D eigenvalue weighted by Gasteiger charge is 2.35. The van der Waals surface area contributed by atoms with Crippen LogP contribution in [-0.2, 0) is 11.2 Å². The number of carbonyl (C=O) groups is 1. The number of amides is 2. The number of rotatable bonds is 5. The summed E-state index contributed by atoms with van der Waals surface area (Å²) < 4.78 is 11.2. The first-order valence-electron chi connectivity index (χ1n) is 8.14. The lowest BCUT2D eigenvalue weighted by Crippen LogP contribution is -2.50. The number of nitrogens with one attached hydrogen (secondary N) is 1. The van der Waals surface area contributed by atoms with Crippen LogP contribution in [0.5, 0.6) is 5.75 Å². The summed E-state index contributed by atoms with van der Waals surface area (Å²) in [6.45, 7) is 4.76. The average Bonchev–Trinajstić information content (AvgIpc) is 2.87. The Morgan fingerprint density at radius 2 is 1.95 bits per heavy atom. The fraction of sp³-hybridized carbons (Fsp3) is 0.588. The molecule has 0 spiro atoms. The summed E-state index contributed by atoms with van der Waals surface area (Å²) in [5.41, 5.74) is 1.20. The molecule has 0 saturated carbocycles. The molecule has 1 aromatic carbocycles. The van der Waals surface area contributed by atoms with Crippen LogP contribution in [0.15, 0.2) is 24.3 Å². The fourth-order valence-corrected chi connectivity index (χ4v) is 3.13. The first-order valence-corrected chi connectivity index (χ1v) is 8.14. The van der Waals surface area contributed by atoms with Crippen molar-refractivity contribution in [3.63, 3.8) is 0 Å². The summed E-state index contributed by atoms with van der Waals surface area (Å²) in [6, 6.07) is 8.07. The van der Waals surface area contributed by atoms with E-state index in [2.05, 4.69) is 5.32 Å². The minimum atomic E-state index is 0.0335. The van der Waals surface area contributed by atoms with Crippen LogP contribution in [-0.4, -0.2) is 49.4 Å². The van der Waals surface area contributed by atoms with Crippen molar-refractivity contribution in [2.45, 2.75) is 38.4 Å². The van der Waals surface area contributed by atoms with Crippen LogP contribution in [0, 0.1) is 0 Å². The first-order chi connectivity index (χ1) is 10.7. The number of nitrogens with zero attached hydrogens (tertiary/aromatic N) is 1. The van der Waals surface area contributed by atoms with E-state index in [4.69, 9.17) is 9.47 Å². The SMILES string of the molecule is CCOc1ccc(CCNC(=O)N2CC3CCC(C2)O3)cc1. The third-order valence-corrected chi connectivity index (χ3v) is 4.26. The number of benzene rings is 1. The van der Waals surface area contributed by atoms with Crippen molar-refractivity contribution in [1.82, 2.24) is 10.2 Å². The summed E-state index contributed by atoms with van der Waals surface area (Å²) in [7, 11) is 0. The van der Waals surface area contributed by atoms with Crippen molar-refractivity contribution in [3.8, 4) is 5.75 Å². The molecule has 2 heterocycles. The van der Waals surface area contributed by atoms with Crippen LogP contribution in [0.25, 0.3) is 0 Å². The van der Waals surface area contributed by atoms with E-state index in [1.54, 1.807) is 0 Å². The number of likely N-dealkylation sites (tertiary alicyclic amines) is 1. The summed E-state index contributed by atoms with van der Waals surface area (Å²) in [5, 5.41) is 3.01. The molecule has 0 aromatic heterocycles. The average molecular weight is 304 g/mol. The van der Waals surface area contributed by atoms with E-state index in [-0.39, 0.29) is 18.2 Å². The molecule has 2 aliphatic heterocycles. The van der Waals surface area contributed by atoms with Gasteiger partial charge in [0.15, 0.2) is 0 Å². The maximum absolute atomic E-state index is 12.2. The Balaban J connectivity index is 1.41. The predicted octanol–water partition coefficient (Wildman–Crippen LogP) is 2.20. The molecule has 120 valence electrons. The van der Waals surface area contributed by atoms with Crippen LogP contribution >= 0.6 is 0 Å². The van der Waals surface area contributed by atoms with Gasteiger partial charge in [-0.1, -0.05) is 12.1 Å². The number of ether oxygens (including phenoxy) is 2. The van der Waals surface area contributed by atoms with E-state index in [1.165, 1.54) is 5.56 Å². The lowest BCUT2D eigenvalue weighted by Gasteiger charge is -2.32. The van der Waals surface area contributed by atoms with Crippen LogP contribution in [0.1, 0.15) is 25.3 Å². The Morgan fingerprint density at radius 1 is 1.27 bits per heavy atom. The molecule has 2 saturated heterocycles. The van der Waals surface area contributed by atoms with Gasteiger partial charge in [-0.2, -0.15) is 0 Å². The molecule has 2 amide bonds. The number of morpholine rings is 1. The maximum Gasteiger partial charge on any atom is 0.317 e. The molecule has 2 bridgehead atoms. The van der Waals surface area contributed by atoms with E-state index in [9.17, 15) is 4.79 Å². The van der Waals surface area contributed by atoms with Crippen LogP contribution in [0.2, 0.25) is 0 Å². The molecule has 22 heavy (non-hydrogen) atoms. The topological polar surface area (TPSA) is 50.8 Å². The normalized spacial score (nSPS) is 23.4. The number of hydrogen-bond acceptors (Lipinski definition) is 3. The van der Waals surface area contributed by atoms with Gasteiger partial charge in [-0.15, -0.1) is 0 Å². The maximum atomic E-state index is 12.2. The molecular formula is C17H24N2O3. The van der Waals surface area contributed by atoms with Crippen molar-refractivity contribution in [2.24, 2.45) is 0 Å². The van der Waals surface area contributed by atoms with Gasteiger partial charge in [-0.25, -0.2) is 4.79 Å². The Kier molecular flexibility index (Phi) is 4.83. The van der Waals surface area contributed by atoms with Gasteiger partial charge in [0.1, 0.15) is 5.75 Å². The second-order valence-electron chi connectivity index (χ2n) is 5.92. The number of urea groups is 1. The number of carbonyl (C=O) groups excluding carboxylic acids is 1. The van der Waals surface area contributed by atoms with E-state index in [0.29, 0.717) is 13.2 Å². The third-order valence-electron chi connectivity index (χ3n) is 4.26. The molecule has 2 atom stereocenters. The van der Waals surface area contributed by atoms with Gasteiger partial charge in [0.05, 0.1) is 18.8 Å². The lowest BCUT2D eigenvalue weighted by atomic mass is 10.1. The minimum Gasteiger partial charge on any atom is -0.494 e. The number of hydrogen-bond donors (Lipinski definition) is 1. The van der Waals surface area contributed by atoms with Crippen LogP contribution in [0.3, 0.4) is 0 Å². The smallest absolute Gasteiger partial charge is 0.317 e. The molecule has 2 unspecified atom stereocenters. The lowest BCUT2D eigenvalue weighted by molar-refractivity contribution is -0.0237. The van der Waals surface area contributed by atoms with E-state index < -0.39 is 0 Å². The summed E-state index contributed by atoms with van der Waals surface area (Å²) in [5.74, 6) is 0.888. The fourth-order valence-electron chi connectivity index (χ4n) is 3.13. The Morgan fingerprint density at radius 3 is 2.59 bits per heavy atom. The minimum absolute atomic E-state index is 0.0335. The van der Waals surface area contributed by atoms with Gasteiger partial charge in [0, 0.05) is 19.6 Å². The van der Waals surface area contributed by atoms with Crippen molar-refractivity contribution in [3.05, 3.63) is 29.8 Å². The van der Waals surface area contributed by atoms with Crippen LogP contribution in [0.4, 0.5) is 4.79 Å². The van der Waals surface area contributed by atoms with Crippen molar-refractivity contribution >= 4 is 6.03 Å². The second kappa shape index (κ2) is 7.01. The molecule has 3 rings (SSSR count). The summed E-state index contributed by atoms with van der Waals surface area (Å²) in [4.78, 5) is 14.1.